The molecule has 1 fully saturated rings. The van der Waals surface area contributed by atoms with E-state index in [0.717, 1.165) is 32.4 Å². The zero-order valence-electron chi connectivity index (χ0n) is 9.79. The molecule has 1 aliphatic heterocycles. The summed E-state index contributed by atoms with van der Waals surface area (Å²) in [5, 5.41) is 12.8. The maximum Gasteiger partial charge on any atom is 0.147 e. The second kappa shape index (κ2) is 6.43. The van der Waals surface area contributed by atoms with E-state index >= 15 is 0 Å². The minimum Gasteiger partial charge on any atom is -0.394 e. The molecule has 4 heteroatoms. The Labute approximate surface area is 92.0 Å². The topological polar surface area (TPSA) is 50.7 Å². The third-order valence-corrected chi connectivity index (χ3v) is 3.33. The number of ether oxygens (including phenoxy) is 2. The summed E-state index contributed by atoms with van der Waals surface area (Å²) in [7, 11) is 0. The molecule has 1 rings (SSSR count). The molecule has 1 aliphatic rings. The number of rotatable bonds is 6. The highest BCUT2D eigenvalue weighted by Gasteiger charge is 2.26. The van der Waals surface area contributed by atoms with Crippen molar-refractivity contribution in [3.05, 3.63) is 0 Å². The molecule has 0 spiro atoms. The van der Waals surface area contributed by atoms with Gasteiger partial charge in [-0.1, -0.05) is 13.8 Å². The van der Waals surface area contributed by atoms with Crippen LogP contribution in [0.1, 0.15) is 33.1 Å². The SMILES string of the molecule is CCC(CC)(CO)NCC1CCOCO1. The summed E-state index contributed by atoms with van der Waals surface area (Å²) in [5.74, 6) is 0. The molecule has 0 bridgehead atoms. The summed E-state index contributed by atoms with van der Waals surface area (Å²) in [6, 6.07) is 0. The van der Waals surface area contributed by atoms with E-state index in [1.807, 2.05) is 0 Å². The van der Waals surface area contributed by atoms with Crippen LogP contribution in [0.5, 0.6) is 0 Å². The molecule has 4 nitrogen and oxygen atoms in total. The standard InChI is InChI=1S/C11H23NO3/c1-3-11(4-2,8-13)12-7-10-5-6-14-9-15-10/h10,12-13H,3-9H2,1-2H3. The predicted molar refractivity (Wildman–Crippen MR) is 58.7 cm³/mol. The molecule has 1 heterocycles. The van der Waals surface area contributed by atoms with Crippen LogP contribution in [0.15, 0.2) is 0 Å². The van der Waals surface area contributed by atoms with E-state index in [0.29, 0.717) is 6.79 Å². The van der Waals surface area contributed by atoms with Crippen molar-refractivity contribution in [3.8, 4) is 0 Å². The van der Waals surface area contributed by atoms with Gasteiger partial charge in [0.1, 0.15) is 6.79 Å². The minimum atomic E-state index is -0.137. The van der Waals surface area contributed by atoms with E-state index < -0.39 is 0 Å². The molecule has 1 unspecified atom stereocenters. The summed E-state index contributed by atoms with van der Waals surface area (Å²) >= 11 is 0. The van der Waals surface area contributed by atoms with E-state index in [4.69, 9.17) is 9.47 Å². The molecule has 0 saturated carbocycles. The highest BCUT2D eigenvalue weighted by Crippen LogP contribution is 2.15. The second-order valence-corrected chi connectivity index (χ2v) is 4.13. The van der Waals surface area contributed by atoms with Crippen LogP contribution in [0.25, 0.3) is 0 Å². The van der Waals surface area contributed by atoms with Gasteiger partial charge in [-0.05, 0) is 19.3 Å². The second-order valence-electron chi connectivity index (χ2n) is 4.13. The smallest absolute Gasteiger partial charge is 0.147 e. The Hall–Kier alpha value is -0.160. The van der Waals surface area contributed by atoms with Gasteiger partial charge in [-0.3, -0.25) is 0 Å². The fourth-order valence-corrected chi connectivity index (χ4v) is 1.77. The molecule has 15 heavy (non-hydrogen) atoms. The molecule has 90 valence electrons. The van der Waals surface area contributed by atoms with Crippen molar-refractivity contribution in [1.29, 1.82) is 0 Å². The number of aliphatic hydroxyl groups excluding tert-OH is 1. The number of hydrogen-bond acceptors (Lipinski definition) is 4. The largest absolute Gasteiger partial charge is 0.394 e. The first-order chi connectivity index (χ1) is 7.26. The molecule has 2 N–H and O–H groups in total. The molecule has 0 aliphatic carbocycles. The quantitative estimate of drug-likeness (QED) is 0.694. The Bertz CT molecular complexity index is 157. The van der Waals surface area contributed by atoms with Crippen LogP contribution in [0.3, 0.4) is 0 Å². The molecule has 1 atom stereocenters. The Balaban J connectivity index is 2.31. The normalized spacial score (nSPS) is 23.0. The maximum absolute atomic E-state index is 9.38. The van der Waals surface area contributed by atoms with Gasteiger partial charge in [0.25, 0.3) is 0 Å². The zero-order valence-corrected chi connectivity index (χ0v) is 9.79. The zero-order chi connectivity index (χ0) is 11.1. The summed E-state index contributed by atoms with van der Waals surface area (Å²) in [4.78, 5) is 0. The van der Waals surface area contributed by atoms with Crippen LogP contribution in [0.2, 0.25) is 0 Å². The third-order valence-electron chi connectivity index (χ3n) is 3.33. The van der Waals surface area contributed by atoms with E-state index in [9.17, 15) is 5.11 Å². The lowest BCUT2D eigenvalue weighted by atomic mass is 9.93. The van der Waals surface area contributed by atoms with Gasteiger partial charge < -0.3 is 19.9 Å². The highest BCUT2D eigenvalue weighted by molar-refractivity contribution is 4.85. The van der Waals surface area contributed by atoms with Crippen molar-refractivity contribution >= 4 is 0 Å². The molecule has 0 aromatic heterocycles. The molecule has 0 amide bonds. The van der Waals surface area contributed by atoms with Crippen LogP contribution in [-0.2, 0) is 9.47 Å². The number of nitrogens with one attached hydrogen (secondary N) is 1. The predicted octanol–water partition coefficient (Wildman–Crippen LogP) is 0.890. The fraction of sp³-hybridized carbons (Fsp3) is 1.00. The first-order valence-electron chi connectivity index (χ1n) is 5.81. The van der Waals surface area contributed by atoms with Crippen molar-refractivity contribution in [2.24, 2.45) is 0 Å². The lowest BCUT2D eigenvalue weighted by Gasteiger charge is -2.33. The van der Waals surface area contributed by atoms with E-state index in [-0.39, 0.29) is 18.2 Å². The average molecular weight is 217 g/mol. The van der Waals surface area contributed by atoms with Gasteiger partial charge in [-0.15, -0.1) is 0 Å². The van der Waals surface area contributed by atoms with Gasteiger partial charge in [0.05, 0.1) is 19.3 Å². The van der Waals surface area contributed by atoms with Crippen molar-refractivity contribution in [2.45, 2.75) is 44.8 Å². The molecule has 0 radical (unpaired) electrons. The van der Waals surface area contributed by atoms with Gasteiger partial charge >= 0.3 is 0 Å². The van der Waals surface area contributed by atoms with Crippen molar-refractivity contribution in [2.75, 3.05) is 26.6 Å². The molecule has 0 aromatic carbocycles. The van der Waals surface area contributed by atoms with Gasteiger partial charge in [0.2, 0.25) is 0 Å². The van der Waals surface area contributed by atoms with Crippen molar-refractivity contribution in [3.63, 3.8) is 0 Å². The molecule has 1 saturated heterocycles. The Morgan fingerprint density at radius 3 is 2.60 bits per heavy atom. The van der Waals surface area contributed by atoms with Crippen LogP contribution in [0, 0.1) is 0 Å². The molecular formula is C11H23NO3. The Kier molecular flexibility index (Phi) is 5.53. The first-order valence-corrected chi connectivity index (χ1v) is 5.81. The van der Waals surface area contributed by atoms with Crippen molar-refractivity contribution < 1.29 is 14.6 Å². The summed E-state index contributed by atoms with van der Waals surface area (Å²) in [6.07, 6.45) is 3.02. The van der Waals surface area contributed by atoms with Crippen LogP contribution >= 0.6 is 0 Å². The lowest BCUT2D eigenvalue weighted by Crippen LogP contribution is -2.51. The first kappa shape index (κ1) is 12.9. The van der Waals surface area contributed by atoms with Gasteiger partial charge in [0, 0.05) is 12.1 Å². The highest BCUT2D eigenvalue weighted by atomic mass is 16.7. The molecular weight excluding hydrogens is 194 g/mol. The minimum absolute atomic E-state index is 0.137. The third kappa shape index (κ3) is 3.72. The lowest BCUT2D eigenvalue weighted by molar-refractivity contribution is -0.138. The fourth-order valence-electron chi connectivity index (χ4n) is 1.77. The summed E-state index contributed by atoms with van der Waals surface area (Å²) in [6.45, 7) is 6.34. The number of hydrogen-bond donors (Lipinski definition) is 2. The maximum atomic E-state index is 9.38. The van der Waals surface area contributed by atoms with Gasteiger partial charge in [-0.2, -0.15) is 0 Å². The summed E-state index contributed by atoms with van der Waals surface area (Å²) < 4.78 is 10.6. The van der Waals surface area contributed by atoms with Crippen LogP contribution < -0.4 is 5.32 Å². The Morgan fingerprint density at radius 2 is 2.13 bits per heavy atom. The van der Waals surface area contributed by atoms with E-state index in [1.54, 1.807) is 0 Å². The molecule has 0 aromatic rings. The van der Waals surface area contributed by atoms with Gasteiger partial charge in [0.15, 0.2) is 0 Å². The van der Waals surface area contributed by atoms with Crippen LogP contribution in [-0.4, -0.2) is 43.3 Å². The Morgan fingerprint density at radius 1 is 1.40 bits per heavy atom. The average Bonchev–Trinajstić information content (AvgIpc) is 2.33. The monoisotopic (exact) mass is 217 g/mol. The van der Waals surface area contributed by atoms with Crippen molar-refractivity contribution in [1.82, 2.24) is 5.32 Å². The van der Waals surface area contributed by atoms with Crippen LogP contribution in [0.4, 0.5) is 0 Å². The number of aliphatic hydroxyl groups is 1. The van der Waals surface area contributed by atoms with E-state index in [2.05, 4.69) is 19.2 Å². The van der Waals surface area contributed by atoms with Gasteiger partial charge in [-0.25, -0.2) is 0 Å². The van der Waals surface area contributed by atoms with E-state index in [1.165, 1.54) is 0 Å². The summed E-state index contributed by atoms with van der Waals surface area (Å²) in [5.41, 5.74) is -0.137.